The SMILES string of the molecule is COc1cccc([C@@H]2CC(=O)Nc3c2c(-c2ccccc2)nn3-c2ccccc2)c1. The van der Waals surface area contributed by atoms with Crippen molar-refractivity contribution in [2.45, 2.75) is 12.3 Å². The molecule has 0 radical (unpaired) electrons. The van der Waals surface area contributed by atoms with Crippen molar-refractivity contribution in [1.29, 1.82) is 0 Å². The van der Waals surface area contributed by atoms with E-state index in [0.717, 1.165) is 39.6 Å². The third kappa shape index (κ3) is 3.14. The highest BCUT2D eigenvalue weighted by Gasteiger charge is 2.34. The van der Waals surface area contributed by atoms with Crippen molar-refractivity contribution in [3.05, 3.63) is 96.1 Å². The van der Waals surface area contributed by atoms with Gasteiger partial charge in [0.05, 0.1) is 18.5 Å². The van der Waals surface area contributed by atoms with Gasteiger partial charge in [-0.25, -0.2) is 4.68 Å². The van der Waals surface area contributed by atoms with Gasteiger partial charge in [0.25, 0.3) is 0 Å². The topological polar surface area (TPSA) is 56.1 Å². The summed E-state index contributed by atoms with van der Waals surface area (Å²) >= 11 is 0. The minimum atomic E-state index is -0.114. The second kappa shape index (κ2) is 7.52. The number of anilines is 1. The van der Waals surface area contributed by atoms with Gasteiger partial charge < -0.3 is 10.1 Å². The number of para-hydroxylation sites is 1. The average Bonchev–Trinajstić information content (AvgIpc) is 3.19. The number of nitrogens with zero attached hydrogens (tertiary/aromatic N) is 2. The molecule has 1 aliphatic rings. The van der Waals surface area contributed by atoms with Crippen LogP contribution in [0.4, 0.5) is 5.82 Å². The van der Waals surface area contributed by atoms with E-state index in [9.17, 15) is 4.79 Å². The van der Waals surface area contributed by atoms with Gasteiger partial charge in [-0.05, 0) is 29.8 Å². The van der Waals surface area contributed by atoms with Crippen LogP contribution < -0.4 is 10.1 Å². The van der Waals surface area contributed by atoms with Crippen LogP contribution in [0.15, 0.2) is 84.9 Å². The Morgan fingerprint density at radius 2 is 1.70 bits per heavy atom. The summed E-state index contributed by atoms with van der Waals surface area (Å²) in [4.78, 5) is 12.7. The van der Waals surface area contributed by atoms with E-state index in [2.05, 4.69) is 17.4 Å². The van der Waals surface area contributed by atoms with Crippen LogP contribution in [0.25, 0.3) is 16.9 Å². The van der Waals surface area contributed by atoms with Crippen molar-refractivity contribution >= 4 is 11.7 Å². The minimum absolute atomic E-state index is 0.0213. The first-order valence-electron chi connectivity index (χ1n) is 9.92. The molecule has 1 amide bonds. The summed E-state index contributed by atoms with van der Waals surface area (Å²) in [6, 6.07) is 27.9. The zero-order valence-electron chi connectivity index (χ0n) is 16.6. The number of carbonyl (C=O) groups excluding carboxylic acids is 1. The number of hydrogen-bond acceptors (Lipinski definition) is 3. The summed E-state index contributed by atoms with van der Waals surface area (Å²) in [5.74, 6) is 1.37. The summed E-state index contributed by atoms with van der Waals surface area (Å²) in [5.41, 5.74) is 4.87. The predicted molar refractivity (Wildman–Crippen MR) is 117 cm³/mol. The number of nitrogens with one attached hydrogen (secondary N) is 1. The van der Waals surface area contributed by atoms with Crippen LogP contribution in [0.2, 0.25) is 0 Å². The summed E-state index contributed by atoms with van der Waals surface area (Å²) in [6.45, 7) is 0. The zero-order valence-corrected chi connectivity index (χ0v) is 16.6. The van der Waals surface area contributed by atoms with Crippen molar-refractivity contribution in [1.82, 2.24) is 9.78 Å². The maximum absolute atomic E-state index is 12.7. The molecule has 1 aliphatic heterocycles. The molecule has 1 aromatic heterocycles. The molecule has 2 heterocycles. The molecular weight excluding hydrogens is 374 g/mol. The van der Waals surface area contributed by atoms with Gasteiger partial charge >= 0.3 is 0 Å². The second-order valence-electron chi connectivity index (χ2n) is 7.31. The van der Waals surface area contributed by atoms with Gasteiger partial charge in [0.15, 0.2) is 0 Å². The highest BCUT2D eigenvalue weighted by molar-refractivity contribution is 5.96. The van der Waals surface area contributed by atoms with Gasteiger partial charge in [0, 0.05) is 23.5 Å². The van der Waals surface area contributed by atoms with Crippen LogP contribution in [0.3, 0.4) is 0 Å². The smallest absolute Gasteiger partial charge is 0.226 e. The molecule has 1 N–H and O–H groups in total. The molecule has 5 heteroatoms. The first-order chi connectivity index (χ1) is 14.7. The van der Waals surface area contributed by atoms with Crippen LogP contribution in [0.5, 0.6) is 5.75 Å². The molecule has 0 saturated carbocycles. The van der Waals surface area contributed by atoms with Crippen LogP contribution in [0.1, 0.15) is 23.5 Å². The molecule has 0 saturated heterocycles. The lowest BCUT2D eigenvalue weighted by Crippen LogP contribution is -2.24. The number of benzene rings is 3. The monoisotopic (exact) mass is 395 g/mol. The van der Waals surface area contributed by atoms with E-state index in [1.165, 1.54) is 0 Å². The number of fused-ring (bicyclic) bond motifs is 1. The summed E-state index contributed by atoms with van der Waals surface area (Å²) in [7, 11) is 1.65. The normalized spacial score (nSPS) is 15.4. The van der Waals surface area contributed by atoms with Crippen LogP contribution >= 0.6 is 0 Å². The lowest BCUT2D eigenvalue weighted by atomic mass is 9.84. The van der Waals surface area contributed by atoms with Gasteiger partial charge in [-0.3, -0.25) is 4.79 Å². The molecule has 1 atom stereocenters. The first-order valence-corrected chi connectivity index (χ1v) is 9.92. The Labute approximate surface area is 174 Å². The van der Waals surface area contributed by atoms with Crippen molar-refractivity contribution in [3.8, 4) is 22.7 Å². The molecular formula is C25H21N3O2. The zero-order chi connectivity index (χ0) is 20.5. The highest BCUT2D eigenvalue weighted by atomic mass is 16.5. The molecule has 0 spiro atoms. The Hall–Kier alpha value is -3.86. The number of amides is 1. The number of aromatic nitrogens is 2. The third-order valence-electron chi connectivity index (χ3n) is 5.46. The predicted octanol–water partition coefficient (Wildman–Crippen LogP) is 5.02. The van der Waals surface area contributed by atoms with E-state index in [0.29, 0.717) is 6.42 Å². The van der Waals surface area contributed by atoms with E-state index < -0.39 is 0 Å². The molecule has 5 nitrogen and oxygen atoms in total. The standard InChI is InChI=1S/C25H21N3O2/c1-30-20-14-8-11-18(15-20)21-16-22(29)26-25-23(21)24(17-9-4-2-5-10-17)27-28(25)19-12-6-3-7-13-19/h2-15,21H,16H2,1H3,(H,26,29)/t21-/m0/s1. The summed E-state index contributed by atoms with van der Waals surface area (Å²) < 4.78 is 7.26. The van der Waals surface area contributed by atoms with E-state index in [-0.39, 0.29) is 11.8 Å². The molecule has 148 valence electrons. The second-order valence-corrected chi connectivity index (χ2v) is 7.31. The van der Waals surface area contributed by atoms with Crippen LogP contribution in [-0.4, -0.2) is 22.8 Å². The van der Waals surface area contributed by atoms with Crippen molar-refractivity contribution in [3.63, 3.8) is 0 Å². The Morgan fingerprint density at radius 3 is 2.43 bits per heavy atom. The summed E-state index contributed by atoms with van der Waals surface area (Å²) in [5, 5.41) is 8.03. The largest absolute Gasteiger partial charge is 0.497 e. The Balaban J connectivity index is 1.76. The third-order valence-corrected chi connectivity index (χ3v) is 5.46. The Bertz CT molecular complexity index is 1200. The highest BCUT2D eigenvalue weighted by Crippen LogP contribution is 2.44. The van der Waals surface area contributed by atoms with Gasteiger partial charge in [-0.15, -0.1) is 0 Å². The molecule has 0 bridgehead atoms. The molecule has 0 aliphatic carbocycles. The number of carbonyl (C=O) groups is 1. The van der Waals surface area contributed by atoms with Gasteiger partial charge in [-0.2, -0.15) is 5.10 Å². The van der Waals surface area contributed by atoms with Gasteiger partial charge in [-0.1, -0.05) is 60.7 Å². The summed E-state index contributed by atoms with van der Waals surface area (Å²) in [6.07, 6.45) is 0.362. The fourth-order valence-corrected chi connectivity index (χ4v) is 4.06. The maximum Gasteiger partial charge on any atom is 0.226 e. The van der Waals surface area contributed by atoms with Crippen LogP contribution in [-0.2, 0) is 4.79 Å². The molecule has 3 aromatic carbocycles. The number of ether oxygens (including phenoxy) is 1. The molecule has 5 rings (SSSR count). The molecule has 0 fully saturated rings. The lowest BCUT2D eigenvalue weighted by molar-refractivity contribution is -0.116. The Kier molecular flexibility index (Phi) is 4.56. The fourth-order valence-electron chi connectivity index (χ4n) is 4.06. The quantitative estimate of drug-likeness (QED) is 0.528. The first kappa shape index (κ1) is 18.2. The van der Waals surface area contributed by atoms with E-state index >= 15 is 0 Å². The molecule has 0 unspecified atom stereocenters. The minimum Gasteiger partial charge on any atom is -0.497 e. The van der Waals surface area contributed by atoms with Crippen molar-refractivity contribution in [2.24, 2.45) is 0 Å². The fraction of sp³-hybridized carbons (Fsp3) is 0.120. The number of rotatable bonds is 4. The van der Waals surface area contributed by atoms with Crippen LogP contribution in [0, 0.1) is 0 Å². The van der Waals surface area contributed by atoms with E-state index in [1.54, 1.807) is 7.11 Å². The van der Waals surface area contributed by atoms with Crippen molar-refractivity contribution in [2.75, 3.05) is 12.4 Å². The lowest BCUT2D eigenvalue weighted by Gasteiger charge is -2.25. The number of methoxy groups -OCH3 is 1. The number of hydrogen-bond donors (Lipinski definition) is 1. The van der Waals surface area contributed by atoms with E-state index in [1.807, 2.05) is 77.5 Å². The van der Waals surface area contributed by atoms with Crippen molar-refractivity contribution < 1.29 is 9.53 Å². The van der Waals surface area contributed by atoms with Gasteiger partial charge in [0.1, 0.15) is 11.6 Å². The molecule has 30 heavy (non-hydrogen) atoms. The average molecular weight is 395 g/mol. The molecule has 4 aromatic rings. The Morgan fingerprint density at radius 1 is 0.967 bits per heavy atom. The van der Waals surface area contributed by atoms with E-state index in [4.69, 9.17) is 9.84 Å². The maximum atomic E-state index is 12.7. The van der Waals surface area contributed by atoms with Gasteiger partial charge in [0.2, 0.25) is 5.91 Å².